The van der Waals surface area contributed by atoms with Crippen molar-refractivity contribution in [3.05, 3.63) is 94.0 Å². The van der Waals surface area contributed by atoms with E-state index in [9.17, 15) is 4.79 Å². The van der Waals surface area contributed by atoms with Crippen LogP contribution < -0.4 is 24.4 Å². The van der Waals surface area contributed by atoms with Gasteiger partial charge in [0.2, 0.25) is 0 Å². The van der Waals surface area contributed by atoms with Gasteiger partial charge in [0, 0.05) is 5.56 Å². The topological polar surface area (TPSA) is 78.4 Å². The zero-order valence-electron chi connectivity index (χ0n) is 20.8. The summed E-state index contributed by atoms with van der Waals surface area (Å²) in [5.74, 6) is 1.80. The summed E-state index contributed by atoms with van der Waals surface area (Å²) in [5, 5.41) is 6.41. The fourth-order valence-electron chi connectivity index (χ4n) is 3.84. The molecule has 1 N–H and O–H groups in total. The van der Waals surface area contributed by atoms with Crippen LogP contribution in [0.5, 0.6) is 23.0 Å². The lowest BCUT2D eigenvalue weighted by atomic mass is 10.1. The van der Waals surface area contributed by atoms with Crippen molar-refractivity contribution >= 4 is 38.8 Å². The molecule has 0 aliphatic carbocycles. The monoisotopic (exact) mass is 562 g/mol. The van der Waals surface area contributed by atoms with Crippen molar-refractivity contribution in [3.63, 3.8) is 0 Å². The van der Waals surface area contributed by atoms with Crippen LogP contribution in [0.25, 0.3) is 10.8 Å². The van der Waals surface area contributed by atoms with Crippen LogP contribution in [0.15, 0.2) is 82.4 Å². The average Bonchev–Trinajstić information content (AvgIpc) is 2.92. The third-order valence-corrected chi connectivity index (χ3v) is 6.20. The first-order valence-corrected chi connectivity index (χ1v) is 12.4. The lowest BCUT2D eigenvalue weighted by molar-refractivity contribution is 0.0954. The highest BCUT2D eigenvalue weighted by Crippen LogP contribution is 2.37. The van der Waals surface area contributed by atoms with Gasteiger partial charge in [-0.2, -0.15) is 5.10 Å². The molecule has 4 aromatic carbocycles. The molecule has 0 spiro atoms. The molecule has 0 radical (unpaired) electrons. The summed E-state index contributed by atoms with van der Waals surface area (Å²) in [6, 6.07) is 22.9. The van der Waals surface area contributed by atoms with E-state index in [2.05, 4.69) is 50.7 Å². The summed E-state index contributed by atoms with van der Waals surface area (Å²) in [6.07, 6.45) is 1.54. The first kappa shape index (κ1) is 26.0. The van der Waals surface area contributed by atoms with Gasteiger partial charge in [-0.05, 0) is 75.1 Å². The average molecular weight is 563 g/mol. The molecular weight excluding hydrogens is 536 g/mol. The van der Waals surface area contributed by atoms with E-state index in [0.29, 0.717) is 46.2 Å². The van der Waals surface area contributed by atoms with Gasteiger partial charge in [-0.1, -0.05) is 42.5 Å². The van der Waals surface area contributed by atoms with E-state index in [0.717, 1.165) is 21.9 Å². The Hall–Kier alpha value is -4.04. The maximum absolute atomic E-state index is 12.5. The van der Waals surface area contributed by atoms with Gasteiger partial charge in [-0.15, -0.1) is 0 Å². The van der Waals surface area contributed by atoms with E-state index in [4.69, 9.17) is 18.9 Å². The number of rotatable bonds is 10. The maximum Gasteiger partial charge on any atom is 0.271 e. The van der Waals surface area contributed by atoms with Crippen molar-refractivity contribution < 1.29 is 23.7 Å². The van der Waals surface area contributed by atoms with Crippen LogP contribution in [-0.4, -0.2) is 32.9 Å². The van der Waals surface area contributed by atoms with Crippen molar-refractivity contribution in [2.75, 3.05) is 20.8 Å². The quantitative estimate of drug-likeness (QED) is 0.180. The number of carbonyl (C=O) groups is 1. The fourth-order valence-corrected chi connectivity index (χ4v) is 4.42. The molecular formula is C29H27BrN2O5. The second-order valence-electron chi connectivity index (χ2n) is 7.96. The van der Waals surface area contributed by atoms with E-state index in [1.54, 1.807) is 24.4 Å². The van der Waals surface area contributed by atoms with Gasteiger partial charge in [0.15, 0.2) is 23.0 Å². The molecule has 0 aliphatic heterocycles. The number of nitrogens with one attached hydrogen (secondary N) is 1. The normalized spacial score (nSPS) is 10.9. The number of methoxy groups -OCH3 is 2. The number of ether oxygens (including phenoxy) is 4. The number of halogens is 1. The number of carbonyl (C=O) groups excluding carboxylic acids is 1. The molecule has 0 bridgehead atoms. The van der Waals surface area contributed by atoms with E-state index in [1.807, 2.05) is 37.3 Å². The number of benzene rings is 4. The minimum Gasteiger partial charge on any atom is -0.493 e. The van der Waals surface area contributed by atoms with Crippen LogP contribution in [-0.2, 0) is 6.61 Å². The molecule has 190 valence electrons. The second-order valence-corrected chi connectivity index (χ2v) is 8.81. The number of hydrazone groups is 1. The number of nitrogens with zero attached hydrogens (tertiary/aromatic N) is 1. The molecule has 0 aliphatic rings. The molecule has 7 nitrogen and oxygen atoms in total. The van der Waals surface area contributed by atoms with Gasteiger partial charge in [-0.25, -0.2) is 5.43 Å². The standard InChI is InChI=1S/C29H27BrN2O5/c1-4-36-27-15-19(17-31-32-29(33)21-12-13-25(34-2)26(16-21)35-3)14-24(30)28(27)37-18-22-10-7-9-20-8-5-6-11-23(20)22/h5-17H,4,18H2,1-3H3,(H,32,33)/b31-17+. The minimum absolute atomic E-state index is 0.378. The minimum atomic E-state index is -0.378. The lowest BCUT2D eigenvalue weighted by Gasteiger charge is -2.15. The van der Waals surface area contributed by atoms with E-state index in [1.165, 1.54) is 14.2 Å². The highest BCUT2D eigenvalue weighted by molar-refractivity contribution is 9.10. The van der Waals surface area contributed by atoms with E-state index in [-0.39, 0.29) is 5.91 Å². The number of hydrogen-bond donors (Lipinski definition) is 1. The molecule has 0 fully saturated rings. The molecule has 0 aromatic heterocycles. The molecule has 0 unspecified atom stereocenters. The van der Waals surface area contributed by atoms with E-state index < -0.39 is 0 Å². The van der Waals surface area contributed by atoms with Crippen LogP contribution in [0, 0.1) is 0 Å². The summed E-state index contributed by atoms with van der Waals surface area (Å²) in [5.41, 5.74) is 4.73. The van der Waals surface area contributed by atoms with Gasteiger partial charge in [0.25, 0.3) is 5.91 Å². The zero-order valence-corrected chi connectivity index (χ0v) is 22.4. The Bertz CT molecular complexity index is 1430. The Morgan fingerprint density at radius 3 is 2.49 bits per heavy atom. The summed E-state index contributed by atoms with van der Waals surface area (Å²) < 4.78 is 23.2. The highest BCUT2D eigenvalue weighted by Gasteiger charge is 2.14. The Kier molecular flexibility index (Phi) is 8.64. The fraction of sp³-hybridized carbons (Fsp3) is 0.172. The number of fused-ring (bicyclic) bond motifs is 1. The smallest absolute Gasteiger partial charge is 0.271 e. The van der Waals surface area contributed by atoms with Gasteiger partial charge in [0.1, 0.15) is 6.61 Å². The Morgan fingerprint density at radius 2 is 1.70 bits per heavy atom. The Balaban J connectivity index is 1.49. The largest absolute Gasteiger partial charge is 0.493 e. The summed E-state index contributed by atoms with van der Waals surface area (Å²) in [6.45, 7) is 2.76. The molecule has 0 saturated heterocycles. The predicted octanol–water partition coefficient (Wildman–Crippen LogP) is 6.36. The molecule has 0 saturated carbocycles. The van der Waals surface area contributed by atoms with Crippen LogP contribution in [0.3, 0.4) is 0 Å². The molecule has 8 heteroatoms. The highest BCUT2D eigenvalue weighted by atomic mass is 79.9. The van der Waals surface area contributed by atoms with Gasteiger partial charge < -0.3 is 18.9 Å². The van der Waals surface area contributed by atoms with Crippen molar-refractivity contribution in [2.45, 2.75) is 13.5 Å². The molecule has 4 aromatic rings. The third-order valence-electron chi connectivity index (χ3n) is 5.61. The summed E-state index contributed by atoms with van der Waals surface area (Å²) in [7, 11) is 3.05. The Morgan fingerprint density at radius 1 is 0.919 bits per heavy atom. The first-order chi connectivity index (χ1) is 18.0. The van der Waals surface area contributed by atoms with Crippen LogP contribution >= 0.6 is 15.9 Å². The van der Waals surface area contributed by atoms with Gasteiger partial charge >= 0.3 is 0 Å². The first-order valence-electron chi connectivity index (χ1n) is 11.6. The molecule has 4 rings (SSSR count). The molecule has 0 heterocycles. The van der Waals surface area contributed by atoms with E-state index >= 15 is 0 Å². The van der Waals surface area contributed by atoms with Crippen molar-refractivity contribution in [1.29, 1.82) is 0 Å². The van der Waals surface area contributed by atoms with Crippen LogP contribution in [0.2, 0.25) is 0 Å². The van der Waals surface area contributed by atoms with Gasteiger partial charge in [0.05, 0.1) is 31.5 Å². The van der Waals surface area contributed by atoms with Crippen molar-refractivity contribution in [3.8, 4) is 23.0 Å². The maximum atomic E-state index is 12.5. The van der Waals surface area contributed by atoms with Crippen LogP contribution in [0.1, 0.15) is 28.4 Å². The third kappa shape index (κ3) is 6.21. The van der Waals surface area contributed by atoms with Crippen molar-refractivity contribution in [1.82, 2.24) is 5.43 Å². The molecule has 1 amide bonds. The zero-order chi connectivity index (χ0) is 26.2. The molecule has 37 heavy (non-hydrogen) atoms. The Labute approximate surface area is 224 Å². The molecule has 0 atom stereocenters. The number of hydrogen-bond acceptors (Lipinski definition) is 6. The predicted molar refractivity (Wildman–Crippen MR) is 148 cm³/mol. The van der Waals surface area contributed by atoms with Crippen LogP contribution in [0.4, 0.5) is 0 Å². The number of amides is 1. The summed E-state index contributed by atoms with van der Waals surface area (Å²) >= 11 is 3.60. The van der Waals surface area contributed by atoms with Gasteiger partial charge in [-0.3, -0.25) is 4.79 Å². The second kappa shape index (κ2) is 12.3. The lowest BCUT2D eigenvalue weighted by Crippen LogP contribution is -2.17. The summed E-state index contributed by atoms with van der Waals surface area (Å²) in [4.78, 5) is 12.5. The van der Waals surface area contributed by atoms with Crippen molar-refractivity contribution in [2.24, 2.45) is 5.10 Å². The SMILES string of the molecule is CCOc1cc(/C=N/NC(=O)c2ccc(OC)c(OC)c2)cc(Br)c1OCc1cccc2ccccc12.